The fourth-order valence-corrected chi connectivity index (χ4v) is 3.55. The number of fused-ring (bicyclic) bond motifs is 1. The van der Waals surface area contributed by atoms with E-state index in [1.807, 2.05) is 12.1 Å². The van der Waals surface area contributed by atoms with Crippen LogP contribution in [0.5, 0.6) is 0 Å². The number of aromatic nitrogens is 3. The largest absolute Gasteiger partial charge is 0.434 e. The summed E-state index contributed by atoms with van der Waals surface area (Å²) < 4.78 is 52.6. The van der Waals surface area contributed by atoms with Gasteiger partial charge in [0.1, 0.15) is 0 Å². The molecule has 0 aliphatic heterocycles. The molecule has 3 rings (SSSR count). The number of rotatable bonds is 8. The van der Waals surface area contributed by atoms with Gasteiger partial charge in [-0.2, -0.15) is 17.6 Å². The average Bonchev–Trinajstić information content (AvgIpc) is 3.19. The molecular formula is C20H20F4N6S. The second-order valence-electron chi connectivity index (χ2n) is 6.72. The molecule has 2 aromatic heterocycles. The Balaban J connectivity index is 1.56. The lowest BCUT2D eigenvalue weighted by Gasteiger charge is -2.16. The predicted molar refractivity (Wildman–Crippen MR) is 114 cm³/mol. The van der Waals surface area contributed by atoms with Gasteiger partial charge in [0, 0.05) is 54.1 Å². The van der Waals surface area contributed by atoms with Crippen LogP contribution in [-0.2, 0) is 12.7 Å². The maximum atomic E-state index is 13.4. The quantitative estimate of drug-likeness (QED) is 0.357. The first-order valence-electron chi connectivity index (χ1n) is 9.08. The van der Waals surface area contributed by atoms with Crippen molar-refractivity contribution in [2.24, 2.45) is 11.5 Å². The molecule has 0 aliphatic rings. The first kappa shape index (κ1) is 22.6. The summed E-state index contributed by atoms with van der Waals surface area (Å²) in [6, 6.07) is 6.30. The van der Waals surface area contributed by atoms with Gasteiger partial charge in [0.15, 0.2) is 5.69 Å². The molecule has 0 fully saturated rings. The van der Waals surface area contributed by atoms with Crippen molar-refractivity contribution in [3.8, 4) is 0 Å². The summed E-state index contributed by atoms with van der Waals surface area (Å²) in [5.74, 6) is -0.573. The smallest absolute Gasteiger partial charge is 0.404 e. The molecule has 164 valence electrons. The van der Waals surface area contributed by atoms with Crippen molar-refractivity contribution in [2.45, 2.75) is 18.8 Å². The highest BCUT2D eigenvalue weighted by atomic mass is 32.2. The summed E-state index contributed by atoms with van der Waals surface area (Å²) >= 11 is 1.26. The summed E-state index contributed by atoms with van der Waals surface area (Å²) in [5.41, 5.74) is 11.6. The van der Waals surface area contributed by atoms with Crippen LogP contribution in [0, 0.1) is 5.95 Å². The van der Waals surface area contributed by atoms with Crippen LogP contribution < -0.4 is 16.8 Å². The molecule has 0 unspecified atom stereocenters. The second kappa shape index (κ2) is 9.40. The third-order valence-electron chi connectivity index (χ3n) is 4.29. The summed E-state index contributed by atoms with van der Waals surface area (Å²) in [4.78, 5) is 7.65. The topological polar surface area (TPSA) is 94.8 Å². The summed E-state index contributed by atoms with van der Waals surface area (Å²) in [6.07, 6.45) is 0.387. The molecule has 0 saturated carbocycles. The summed E-state index contributed by atoms with van der Waals surface area (Å²) in [7, 11) is 0. The van der Waals surface area contributed by atoms with Gasteiger partial charge in [-0.05, 0) is 17.0 Å². The number of hydrogen-bond donors (Lipinski definition) is 3. The maximum Gasteiger partial charge on any atom is 0.434 e. The Kier molecular flexibility index (Phi) is 6.86. The van der Waals surface area contributed by atoms with Gasteiger partial charge >= 0.3 is 6.18 Å². The monoisotopic (exact) mass is 452 g/mol. The Morgan fingerprint density at radius 3 is 2.71 bits per heavy atom. The Morgan fingerprint density at radius 1 is 1.26 bits per heavy atom. The second-order valence-corrected chi connectivity index (χ2v) is 7.86. The van der Waals surface area contributed by atoms with Gasteiger partial charge in [-0.1, -0.05) is 30.5 Å². The van der Waals surface area contributed by atoms with Crippen molar-refractivity contribution in [2.75, 3.05) is 6.54 Å². The lowest BCUT2D eigenvalue weighted by atomic mass is 10.1. The van der Waals surface area contributed by atoms with E-state index in [0.29, 0.717) is 15.3 Å². The zero-order valence-electron chi connectivity index (χ0n) is 16.2. The lowest BCUT2D eigenvalue weighted by Crippen LogP contribution is -2.36. The van der Waals surface area contributed by atoms with Crippen molar-refractivity contribution in [1.29, 1.82) is 0 Å². The van der Waals surface area contributed by atoms with Crippen LogP contribution in [0.25, 0.3) is 15.7 Å². The number of thioether (sulfide) groups is 1. The van der Waals surface area contributed by atoms with Crippen LogP contribution >= 0.6 is 11.8 Å². The minimum absolute atomic E-state index is 0.151. The standard InChI is InChI=1S/C20H20F4N6S/c1-12(27-8-16(26)9-30-10-18(29-11-30)20(22,23)24)31-17(6-25)13-2-3-14-7-28-19(21)5-15(14)4-13/h2-7,10-11,16,27H,1,8-9,25-26H2/b17-6-/t16-/m1/s1. The van der Waals surface area contributed by atoms with E-state index in [9.17, 15) is 17.6 Å². The number of alkyl halides is 3. The maximum absolute atomic E-state index is 13.4. The molecule has 0 bridgehead atoms. The molecule has 0 spiro atoms. The SMILES string of the molecule is C=C(NC[C@@H](N)Cn1cnc(C(F)(F)F)c1)S/C(=C\N)c1ccc2cnc(F)cc2c1. The average molecular weight is 452 g/mol. The number of halogens is 4. The first-order valence-corrected chi connectivity index (χ1v) is 9.90. The number of nitrogens with zero attached hydrogens (tertiary/aromatic N) is 3. The van der Waals surface area contributed by atoms with E-state index in [0.717, 1.165) is 23.5 Å². The van der Waals surface area contributed by atoms with E-state index in [-0.39, 0.29) is 13.1 Å². The first-order chi connectivity index (χ1) is 14.7. The normalized spacial score (nSPS) is 13.4. The highest BCUT2D eigenvalue weighted by Crippen LogP contribution is 2.32. The van der Waals surface area contributed by atoms with Crippen LogP contribution in [-0.4, -0.2) is 27.1 Å². The Hall–Kier alpha value is -3.05. The minimum Gasteiger partial charge on any atom is -0.404 e. The molecule has 3 aromatic rings. The van der Waals surface area contributed by atoms with Gasteiger partial charge in [-0.15, -0.1) is 0 Å². The highest BCUT2D eigenvalue weighted by Gasteiger charge is 2.33. The van der Waals surface area contributed by atoms with Gasteiger partial charge in [-0.25, -0.2) is 9.97 Å². The molecule has 0 saturated heterocycles. The summed E-state index contributed by atoms with van der Waals surface area (Å²) in [6.45, 7) is 4.35. The van der Waals surface area contributed by atoms with E-state index in [4.69, 9.17) is 11.5 Å². The minimum atomic E-state index is -4.49. The molecule has 0 radical (unpaired) electrons. The van der Waals surface area contributed by atoms with Crippen molar-refractivity contribution < 1.29 is 17.6 Å². The van der Waals surface area contributed by atoms with Crippen molar-refractivity contribution in [1.82, 2.24) is 19.9 Å². The molecule has 1 aromatic carbocycles. The van der Waals surface area contributed by atoms with Crippen LogP contribution in [0.15, 0.2) is 60.8 Å². The Labute approximate surface area is 180 Å². The zero-order valence-corrected chi connectivity index (χ0v) is 17.1. The van der Waals surface area contributed by atoms with Gasteiger partial charge < -0.3 is 21.4 Å². The fraction of sp³-hybridized carbons (Fsp3) is 0.200. The zero-order chi connectivity index (χ0) is 22.6. The van der Waals surface area contributed by atoms with Crippen molar-refractivity contribution in [3.63, 3.8) is 0 Å². The number of hydrogen-bond acceptors (Lipinski definition) is 6. The Morgan fingerprint density at radius 2 is 2.03 bits per heavy atom. The Bertz CT molecular complexity index is 1110. The molecule has 0 amide bonds. The van der Waals surface area contributed by atoms with Crippen LogP contribution in [0.4, 0.5) is 17.6 Å². The number of nitrogens with two attached hydrogens (primary N) is 2. The molecule has 1 atom stereocenters. The van der Waals surface area contributed by atoms with Gasteiger partial charge in [0.2, 0.25) is 5.95 Å². The number of imidazole rings is 1. The fourth-order valence-electron chi connectivity index (χ4n) is 2.81. The third-order valence-corrected chi connectivity index (χ3v) is 5.27. The molecule has 11 heteroatoms. The van der Waals surface area contributed by atoms with Crippen LogP contribution in [0.2, 0.25) is 0 Å². The number of benzene rings is 1. The highest BCUT2D eigenvalue weighted by molar-refractivity contribution is 8.11. The van der Waals surface area contributed by atoms with E-state index in [1.165, 1.54) is 34.8 Å². The van der Waals surface area contributed by atoms with Crippen molar-refractivity contribution in [3.05, 3.63) is 78.0 Å². The van der Waals surface area contributed by atoms with E-state index in [1.54, 1.807) is 6.07 Å². The number of pyridine rings is 1. The molecule has 5 N–H and O–H groups in total. The predicted octanol–water partition coefficient (Wildman–Crippen LogP) is 3.67. The number of nitrogens with one attached hydrogen (secondary N) is 1. The van der Waals surface area contributed by atoms with E-state index in [2.05, 4.69) is 21.9 Å². The van der Waals surface area contributed by atoms with E-state index >= 15 is 0 Å². The van der Waals surface area contributed by atoms with Gasteiger partial charge in [0.25, 0.3) is 0 Å². The third kappa shape index (κ3) is 5.98. The molecule has 6 nitrogen and oxygen atoms in total. The van der Waals surface area contributed by atoms with Crippen LogP contribution in [0.3, 0.4) is 0 Å². The molecule has 2 heterocycles. The molecule has 31 heavy (non-hydrogen) atoms. The molecule has 0 aliphatic carbocycles. The van der Waals surface area contributed by atoms with Crippen molar-refractivity contribution >= 4 is 27.4 Å². The van der Waals surface area contributed by atoms with Crippen LogP contribution in [0.1, 0.15) is 11.3 Å². The van der Waals surface area contributed by atoms with Gasteiger partial charge in [-0.3, -0.25) is 0 Å². The lowest BCUT2D eigenvalue weighted by molar-refractivity contribution is -0.141. The van der Waals surface area contributed by atoms with Gasteiger partial charge in [0.05, 0.1) is 11.4 Å². The molecular weight excluding hydrogens is 432 g/mol. The summed E-state index contributed by atoms with van der Waals surface area (Å²) in [5, 5.41) is 5.07. The van der Waals surface area contributed by atoms with E-state index < -0.39 is 23.9 Å².